The van der Waals surface area contributed by atoms with E-state index in [1.807, 2.05) is 19.1 Å². The van der Waals surface area contributed by atoms with Gasteiger partial charge < -0.3 is 18.8 Å². The fourth-order valence-electron chi connectivity index (χ4n) is 5.17. The standard InChI is InChI=1S/C29H32ClN3O5S/c1-4-9-21-25(28(35)37-5-2)26(20-16-18(30)10-12-22(20)36-3)33-27(34)23(39-29(33)31-21)17-19-11-13-24(38-19)32-14-7-6-8-15-32/h10-13,16-17,26H,4-9,14-15H2,1-3H3/b23-17+/t26-/m1/s1. The maximum absolute atomic E-state index is 14.0. The minimum atomic E-state index is -0.807. The highest BCUT2D eigenvalue weighted by atomic mass is 35.5. The molecule has 1 atom stereocenters. The molecule has 0 amide bonds. The zero-order valence-electron chi connectivity index (χ0n) is 22.4. The van der Waals surface area contributed by atoms with Crippen LogP contribution in [-0.2, 0) is 9.53 Å². The summed E-state index contributed by atoms with van der Waals surface area (Å²) in [6, 6.07) is 8.20. The van der Waals surface area contributed by atoms with Crippen LogP contribution in [0.1, 0.15) is 63.3 Å². The fraction of sp³-hybridized carbons (Fsp3) is 0.414. The third-order valence-electron chi connectivity index (χ3n) is 6.93. The van der Waals surface area contributed by atoms with Crippen LogP contribution in [0, 0.1) is 0 Å². The lowest BCUT2D eigenvalue weighted by molar-refractivity contribution is -0.139. The Bertz CT molecular complexity index is 1580. The van der Waals surface area contributed by atoms with Crippen LogP contribution in [0.25, 0.3) is 6.08 Å². The average Bonchev–Trinajstić information content (AvgIpc) is 3.53. The lowest BCUT2D eigenvalue weighted by atomic mass is 9.93. The molecule has 2 aliphatic heterocycles. The van der Waals surface area contributed by atoms with Crippen molar-refractivity contribution in [3.8, 4) is 5.75 Å². The summed E-state index contributed by atoms with van der Waals surface area (Å²) in [4.78, 5) is 34.9. The molecule has 0 aliphatic carbocycles. The van der Waals surface area contributed by atoms with Crippen molar-refractivity contribution in [3.63, 3.8) is 0 Å². The predicted octanol–water partition coefficient (Wildman–Crippen LogP) is 4.82. The van der Waals surface area contributed by atoms with E-state index < -0.39 is 12.0 Å². The van der Waals surface area contributed by atoms with E-state index in [1.165, 1.54) is 17.8 Å². The molecule has 1 aromatic carbocycles. The van der Waals surface area contributed by atoms with E-state index in [0.717, 1.165) is 38.2 Å². The van der Waals surface area contributed by atoms with Gasteiger partial charge in [0.1, 0.15) is 17.6 Å². The molecule has 0 unspecified atom stereocenters. The zero-order chi connectivity index (χ0) is 27.5. The third-order valence-corrected chi connectivity index (χ3v) is 8.15. The van der Waals surface area contributed by atoms with E-state index >= 15 is 0 Å². The van der Waals surface area contributed by atoms with Crippen LogP contribution in [0.5, 0.6) is 5.75 Å². The van der Waals surface area contributed by atoms with Gasteiger partial charge >= 0.3 is 5.97 Å². The molecule has 8 nitrogen and oxygen atoms in total. The first-order valence-electron chi connectivity index (χ1n) is 13.3. The van der Waals surface area contributed by atoms with Crippen molar-refractivity contribution < 1.29 is 18.7 Å². The molecule has 206 valence electrons. The lowest BCUT2D eigenvalue weighted by Crippen LogP contribution is -2.40. The number of thiazole rings is 1. The Morgan fingerprint density at radius 2 is 2.00 bits per heavy atom. The maximum atomic E-state index is 14.0. The van der Waals surface area contributed by atoms with E-state index in [1.54, 1.807) is 42.9 Å². The smallest absolute Gasteiger partial charge is 0.338 e. The molecule has 0 N–H and O–H groups in total. The number of esters is 1. The molecular weight excluding hydrogens is 538 g/mol. The number of piperidine rings is 1. The molecular formula is C29H32ClN3O5S. The van der Waals surface area contributed by atoms with Gasteiger partial charge in [0.2, 0.25) is 0 Å². The largest absolute Gasteiger partial charge is 0.496 e. The summed E-state index contributed by atoms with van der Waals surface area (Å²) in [7, 11) is 1.55. The molecule has 1 fully saturated rings. The van der Waals surface area contributed by atoms with Crippen LogP contribution in [-0.4, -0.2) is 37.3 Å². The molecule has 0 saturated carbocycles. The Hall–Kier alpha value is -3.30. The summed E-state index contributed by atoms with van der Waals surface area (Å²) in [5, 5.41) is 0.464. The second-order valence-electron chi connectivity index (χ2n) is 9.52. The van der Waals surface area contributed by atoms with Crippen molar-refractivity contribution >= 4 is 40.9 Å². The summed E-state index contributed by atoms with van der Waals surface area (Å²) in [5.74, 6) is 1.40. The first-order valence-corrected chi connectivity index (χ1v) is 14.5. The molecule has 0 bridgehead atoms. The minimum absolute atomic E-state index is 0.198. The molecule has 4 heterocycles. The Morgan fingerprint density at radius 1 is 1.21 bits per heavy atom. The van der Waals surface area contributed by atoms with Crippen LogP contribution >= 0.6 is 22.9 Å². The number of carbonyl (C=O) groups is 1. The number of anilines is 1. The van der Waals surface area contributed by atoms with Crippen molar-refractivity contribution in [2.45, 2.75) is 52.0 Å². The average molecular weight is 570 g/mol. The lowest BCUT2D eigenvalue weighted by Gasteiger charge is -2.27. The van der Waals surface area contributed by atoms with E-state index in [-0.39, 0.29) is 12.2 Å². The summed E-state index contributed by atoms with van der Waals surface area (Å²) >= 11 is 7.68. The number of fused-ring (bicyclic) bond motifs is 1. The monoisotopic (exact) mass is 569 g/mol. The number of benzene rings is 1. The number of hydrogen-bond donors (Lipinski definition) is 0. The third kappa shape index (κ3) is 5.43. The Balaban J connectivity index is 1.69. The first-order chi connectivity index (χ1) is 18.9. The number of furan rings is 1. The predicted molar refractivity (Wildman–Crippen MR) is 152 cm³/mol. The highest BCUT2D eigenvalue weighted by Gasteiger charge is 2.36. The number of methoxy groups -OCH3 is 1. The summed E-state index contributed by atoms with van der Waals surface area (Å²) in [6.45, 7) is 5.90. The van der Waals surface area contributed by atoms with Gasteiger partial charge in [0, 0.05) is 35.8 Å². The van der Waals surface area contributed by atoms with Gasteiger partial charge in [-0.1, -0.05) is 36.3 Å². The quantitative estimate of drug-likeness (QED) is 0.361. The van der Waals surface area contributed by atoms with E-state index in [0.29, 0.717) is 49.1 Å². The van der Waals surface area contributed by atoms with Crippen LogP contribution in [0.2, 0.25) is 5.02 Å². The number of nitrogens with zero attached hydrogens (tertiary/aromatic N) is 3. The topological polar surface area (TPSA) is 86.3 Å². The molecule has 0 spiro atoms. The van der Waals surface area contributed by atoms with Gasteiger partial charge in [-0.15, -0.1) is 0 Å². The first kappa shape index (κ1) is 27.3. The number of aromatic nitrogens is 1. The molecule has 2 aromatic heterocycles. The van der Waals surface area contributed by atoms with Gasteiger partial charge in [-0.2, -0.15) is 0 Å². The van der Waals surface area contributed by atoms with Gasteiger partial charge in [-0.25, -0.2) is 9.79 Å². The van der Waals surface area contributed by atoms with Gasteiger partial charge in [0.15, 0.2) is 10.7 Å². The van der Waals surface area contributed by atoms with Crippen molar-refractivity contribution in [2.24, 2.45) is 4.99 Å². The van der Waals surface area contributed by atoms with Crippen LogP contribution < -0.4 is 24.5 Å². The van der Waals surface area contributed by atoms with Crippen molar-refractivity contribution in [1.29, 1.82) is 0 Å². The van der Waals surface area contributed by atoms with E-state index in [4.69, 9.17) is 30.5 Å². The molecule has 5 rings (SSSR count). The Morgan fingerprint density at radius 3 is 2.72 bits per heavy atom. The summed E-state index contributed by atoms with van der Waals surface area (Å²) < 4.78 is 19.2. The van der Waals surface area contributed by atoms with Crippen molar-refractivity contribution in [1.82, 2.24) is 4.57 Å². The highest BCUT2D eigenvalue weighted by Crippen LogP contribution is 2.38. The molecule has 3 aromatic rings. The van der Waals surface area contributed by atoms with Crippen LogP contribution in [0.4, 0.5) is 5.88 Å². The zero-order valence-corrected chi connectivity index (χ0v) is 23.9. The van der Waals surface area contributed by atoms with Gasteiger partial charge in [-0.05, 0) is 56.9 Å². The van der Waals surface area contributed by atoms with Crippen molar-refractivity contribution in [3.05, 3.63) is 77.6 Å². The molecule has 39 heavy (non-hydrogen) atoms. The molecule has 2 aliphatic rings. The number of hydrogen-bond acceptors (Lipinski definition) is 8. The SMILES string of the molecule is CCCC1=C(C(=O)OCC)[C@@H](c2cc(Cl)ccc2OC)n2c(s/c(=C/c3ccc(N4CCCCC4)o3)c2=O)=N1. The number of allylic oxidation sites excluding steroid dienone is 1. The summed E-state index contributed by atoms with van der Waals surface area (Å²) in [5.41, 5.74) is 1.23. The Labute approximate surface area is 235 Å². The van der Waals surface area contributed by atoms with E-state index in [9.17, 15) is 9.59 Å². The number of rotatable bonds is 8. The molecule has 1 saturated heterocycles. The van der Waals surface area contributed by atoms with Gasteiger partial charge in [0.25, 0.3) is 5.56 Å². The van der Waals surface area contributed by atoms with Crippen LogP contribution in [0.3, 0.4) is 0 Å². The second-order valence-corrected chi connectivity index (χ2v) is 11.0. The summed E-state index contributed by atoms with van der Waals surface area (Å²) in [6.07, 6.45) is 6.58. The highest BCUT2D eigenvalue weighted by molar-refractivity contribution is 7.07. The maximum Gasteiger partial charge on any atom is 0.338 e. The van der Waals surface area contributed by atoms with Crippen molar-refractivity contribution in [2.75, 3.05) is 31.7 Å². The minimum Gasteiger partial charge on any atom is -0.496 e. The van der Waals surface area contributed by atoms with Gasteiger partial charge in [0.05, 0.1) is 29.5 Å². The number of ether oxygens (including phenoxy) is 2. The van der Waals surface area contributed by atoms with E-state index in [2.05, 4.69) is 4.90 Å². The van der Waals surface area contributed by atoms with Gasteiger partial charge in [-0.3, -0.25) is 9.36 Å². The number of carbonyl (C=O) groups excluding carboxylic acids is 1. The normalized spacial score (nSPS) is 17.7. The van der Waals surface area contributed by atoms with Crippen LogP contribution in [0.15, 0.2) is 55.8 Å². The fourth-order valence-corrected chi connectivity index (χ4v) is 6.35. The number of halogens is 1. The second kappa shape index (κ2) is 11.8. The Kier molecular flexibility index (Phi) is 8.28. The molecule has 0 radical (unpaired) electrons. The molecule has 10 heteroatoms.